The Labute approximate surface area is 224 Å². The molecule has 0 saturated heterocycles. The van der Waals surface area contributed by atoms with E-state index in [0.29, 0.717) is 27.7 Å². The summed E-state index contributed by atoms with van der Waals surface area (Å²) in [6, 6.07) is 18.2. The molecular formula is C29H24ClN5O3. The Morgan fingerprint density at radius 3 is 2.55 bits per heavy atom. The number of hydrogen-bond acceptors (Lipinski definition) is 5. The van der Waals surface area contributed by atoms with E-state index in [2.05, 4.69) is 20.6 Å². The van der Waals surface area contributed by atoms with Crippen LogP contribution >= 0.6 is 11.6 Å². The van der Waals surface area contributed by atoms with Gasteiger partial charge in [0.2, 0.25) is 5.91 Å². The third kappa shape index (κ3) is 5.55. The Bertz CT molecular complexity index is 1490. The van der Waals surface area contributed by atoms with E-state index in [9.17, 15) is 14.4 Å². The fourth-order valence-electron chi connectivity index (χ4n) is 4.28. The van der Waals surface area contributed by atoms with Crippen molar-refractivity contribution in [3.8, 4) is 0 Å². The van der Waals surface area contributed by atoms with E-state index in [1.807, 2.05) is 19.1 Å². The van der Waals surface area contributed by atoms with Gasteiger partial charge < -0.3 is 15.5 Å². The predicted octanol–water partition coefficient (Wildman–Crippen LogP) is 4.90. The number of aryl methyl sites for hydroxylation is 1. The minimum Gasteiger partial charge on any atom is -0.323 e. The summed E-state index contributed by atoms with van der Waals surface area (Å²) in [5.41, 5.74) is 3.77. The molecule has 9 heteroatoms. The Kier molecular flexibility index (Phi) is 7.15. The second-order valence-electron chi connectivity index (χ2n) is 9.07. The Morgan fingerprint density at radius 2 is 1.84 bits per heavy atom. The summed E-state index contributed by atoms with van der Waals surface area (Å²) in [6.45, 7) is 2.09. The van der Waals surface area contributed by atoms with Crippen molar-refractivity contribution in [2.45, 2.75) is 25.9 Å². The van der Waals surface area contributed by atoms with Crippen molar-refractivity contribution in [2.24, 2.45) is 0 Å². The van der Waals surface area contributed by atoms with Gasteiger partial charge in [0, 0.05) is 42.1 Å². The van der Waals surface area contributed by atoms with Crippen molar-refractivity contribution in [2.75, 3.05) is 10.6 Å². The number of amides is 3. The van der Waals surface area contributed by atoms with Crippen LogP contribution in [0.5, 0.6) is 0 Å². The number of carbonyl (C=O) groups is 3. The van der Waals surface area contributed by atoms with Gasteiger partial charge in [-0.1, -0.05) is 35.9 Å². The van der Waals surface area contributed by atoms with Crippen LogP contribution in [0.3, 0.4) is 0 Å². The zero-order chi connectivity index (χ0) is 26.6. The maximum absolute atomic E-state index is 13.7. The first-order valence-corrected chi connectivity index (χ1v) is 12.4. The number of nitrogens with one attached hydrogen (secondary N) is 2. The first-order valence-electron chi connectivity index (χ1n) is 12.0. The lowest BCUT2D eigenvalue weighted by Crippen LogP contribution is -2.46. The summed E-state index contributed by atoms with van der Waals surface area (Å²) in [5, 5.41) is 6.06. The first kappa shape index (κ1) is 25.1. The van der Waals surface area contributed by atoms with Gasteiger partial charge in [-0.05, 0) is 66.1 Å². The summed E-state index contributed by atoms with van der Waals surface area (Å²) in [4.78, 5) is 49.6. The van der Waals surface area contributed by atoms with E-state index in [1.165, 1.54) is 0 Å². The Hall–Kier alpha value is -4.56. The first-order chi connectivity index (χ1) is 18.4. The number of hydrogen-bond donors (Lipinski definition) is 2. The molecule has 38 heavy (non-hydrogen) atoms. The zero-order valence-corrected chi connectivity index (χ0v) is 21.3. The van der Waals surface area contributed by atoms with Crippen LogP contribution in [0.25, 0.3) is 0 Å². The van der Waals surface area contributed by atoms with Crippen molar-refractivity contribution in [3.05, 3.63) is 118 Å². The van der Waals surface area contributed by atoms with Crippen molar-refractivity contribution < 1.29 is 14.4 Å². The Balaban J connectivity index is 1.40. The third-order valence-electron chi connectivity index (χ3n) is 6.28. The summed E-state index contributed by atoms with van der Waals surface area (Å²) in [6.07, 6.45) is 5.31. The molecule has 1 aliphatic heterocycles. The second-order valence-corrected chi connectivity index (χ2v) is 9.50. The smallest absolute Gasteiger partial charge is 0.256 e. The minimum absolute atomic E-state index is 0.167. The van der Waals surface area contributed by atoms with E-state index in [4.69, 9.17) is 11.6 Å². The van der Waals surface area contributed by atoms with E-state index in [-0.39, 0.29) is 30.7 Å². The highest BCUT2D eigenvalue weighted by molar-refractivity contribution is 6.31. The fraction of sp³-hybridized carbons (Fsp3) is 0.138. The molecule has 3 heterocycles. The number of halogens is 1. The molecule has 2 aromatic carbocycles. The van der Waals surface area contributed by atoms with Crippen LogP contribution in [-0.4, -0.2) is 38.6 Å². The van der Waals surface area contributed by atoms with Gasteiger partial charge in [0.15, 0.2) is 0 Å². The van der Waals surface area contributed by atoms with E-state index in [1.54, 1.807) is 78.1 Å². The minimum atomic E-state index is -0.784. The molecule has 0 bridgehead atoms. The quantitative estimate of drug-likeness (QED) is 0.373. The van der Waals surface area contributed by atoms with Crippen LogP contribution in [0.4, 0.5) is 11.5 Å². The topological polar surface area (TPSA) is 104 Å². The zero-order valence-electron chi connectivity index (χ0n) is 20.5. The van der Waals surface area contributed by atoms with Gasteiger partial charge in [0.05, 0.1) is 11.3 Å². The van der Waals surface area contributed by atoms with Gasteiger partial charge in [0.1, 0.15) is 11.9 Å². The Morgan fingerprint density at radius 1 is 1.03 bits per heavy atom. The van der Waals surface area contributed by atoms with Crippen LogP contribution < -0.4 is 10.6 Å². The molecule has 1 atom stereocenters. The van der Waals surface area contributed by atoms with Gasteiger partial charge in [-0.25, -0.2) is 4.98 Å². The summed E-state index contributed by atoms with van der Waals surface area (Å²) < 4.78 is 0. The molecule has 0 saturated carbocycles. The van der Waals surface area contributed by atoms with Crippen LogP contribution in [-0.2, 0) is 17.8 Å². The van der Waals surface area contributed by atoms with Gasteiger partial charge >= 0.3 is 0 Å². The largest absolute Gasteiger partial charge is 0.323 e. The lowest BCUT2D eigenvalue weighted by atomic mass is 10.0. The average Bonchev–Trinajstić information content (AvgIpc) is 3.00. The number of fused-ring (bicyclic) bond motifs is 1. The van der Waals surface area contributed by atoms with Gasteiger partial charge in [-0.3, -0.25) is 19.4 Å². The number of rotatable bonds is 6. The highest BCUT2D eigenvalue weighted by atomic mass is 35.5. The molecule has 1 aliphatic rings. The molecule has 0 fully saturated rings. The maximum atomic E-state index is 13.7. The number of benzene rings is 2. The molecule has 2 N–H and O–H groups in total. The SMILES string of the molecule is Cc1ccc(NC(=O)c2ccc(CN3C(=O)c4ccc(Cl)cc4NC(=O)[C@H]3Cc3cccnc3)cc2)nc1. The molecule has 4 aromatic rings. The summed E-state index contributed by atoms with van der Waals surface area (Å²) in [5.74, 6) is -0.442. The van der Waals surface area contributed by atoms with Crippen LogP contribution in [0, 0.1) is 6.92 Å². The molecule has 0 radical (unpaired) electrons. The highest BCUT2D eigenvalue weighted by Crippen LogP contribution is 2.29. The highest BCUT2D eigenvalue weighted by Gasteiger charge is 2.35. The lowest BCUT2D eigenvalue weighted by molar-refractivity contribution is -0.120. The second kappa shape index (κ2) is 10.8. The van der Waals surface area contributed by atoms with Crippen molar-refractivity contribution in [1.82, 2.24) is 14.9 Å². The molecule has 3 amide bonds. The number of carbonyl (C=O) groups excluding carboxylic acids is 3. The maximum Gasteiger partial charge on any atom is 0.256 e. The molecule has 2 aromatic heterocycles. The molecule has 0 aliphatic carbocycles. The van der Waals surface area contributed by atoms with Gasteiger partial charge in [0.25, 0.3) is 11.8 Å². The molecular weight excluding hydrogens is 502 g/mol. The van der Waals surface area contributed by atoms with Gasteiger partial charge in [-0.15, -0.1) is 0 Å². The molecule has 8 nitrogen and oxygen atoms in total. The third-order valence-corrected chi connectivity index (χ3v) is 6.52. The van der Waals surface area contributed by atoms with Crippen LogP contribution in [0.2, 0.25) is 5.02 Å². The number of anilines is 2. The number of pyridine rings is 2. The van der Waals surface area contributed by atoms with Crippen molar-refractivity contribution in [1.29, 1.82) is 0 Å². The van der Waals surface area contributed by atoms with Gasteiger partial charge in [-0.2, -0.15) is 0 Å². The fourth-order valence-corrected chi connectivity index (χ4v) is 4.45. The normalized spacial score (nSPS) is 14.9. The van der Waals surface area contributed by atoms with Crippen molar-refractivity contribution >= 4 is 40.8 Å². The molecule has 0 spiro atoms. The van der Waals surface area contributed by atoms with E-state index in [0.717, 1.165) is 16.7 Å². The van der Waals surface area contributed by atoms with Crippen LogP contribution in [0.15, 0.2) is 85.3 Å². The number of aromatic nitrogens is 2. The summed E-state index contributed by atoms with van der Waals surface area (Å²) in [7, 11) is 0. The molecule has 190 valence electrons. The number of nitrogens with zero attached hydrogens (tertiary/aromatic N) is 3. The lowest BCUT2D eigenvalue weighted by Gasteiger charge is -2.29. The summed E-state index contributed by atoms with van der Waals surface area (Å²) >= 11 is 6.13. The monoisotopic (exact) mass is 525 g/mol. The average molecular weight is 526 g/mol. The standard InChI is InChI=1S/C29H24ClN5O3/c1-18-4-11-26(32-15-18)34-27(36)21-7-5-19(6-8-21)17-35-25(13-20-3-2-12-31-16-20)28(37)33-24-14-22(30)9-10-23(24)29(35)38/h2-12,14-16,25H,13,17H2,1H3,(H,33,37)(H,32,34,36)/t25-/m1/s1. The van der Waals surface area contributed by atoms with E-state index >= 15 is 0 Å². The molecule has 0 unspecified atom stereocenters. The molecule has 5 rings (SSSR count). The van der Waals surface area contributed by atoms with Crippen LogP contribution in [0.1, 0.15) is 37.4 Å². The van der Waals surface area contributed by atoms with E-state index < -0.39 is 6.04 Å². The van der Waals surface area contributed by atoms with Crippen molar-refractivity contribution in [3.63, 3.8) is 0 Å². The predicted molar refractivity (Wildman–Crippen MR) is 145 cm³/mol.